The molecule has 1 N–H and O–H groups in total. The summed E-state index contributed by atoms with van der Waals surface area (Å²) in [4.78, 5) is 13.5. The third-order valence-corrected chi connectivity index (χ3v) is 3.64. The fourth-order valence-electron chi connectivity index (χ4n) is 2.06. The highest BCUT2D eigenvalue weighted by Crippen LogP contribution is 2.30. The normalized spacial score (nSPS) is 25.3. The maximum atomic E-state index is 12.1. The van der Waals surface area contributed by atoms with E-state index in [-0.39, 0.29) is 48.1 Å². The molecule has 1 heterocycles. The molecule has 0 spiro atoms. The fourth-order valence-corrected chi connectivity index (χ4v) is 2.58. The monoisotopic (exact) mass is 284 g/mol. The predicted molar refractivity (Wildman–Crippen MR) is 66.1 cm³/mol. The van der Waals surface area contributed by atoms with Crippen LogP contribution in [-0.2, 0) is 4.79 Å². The number of nitrogens with one attached hydrogen (secondary N) is 1. The van der Waals surface area contributed by atoms with Crippen molar-refractivity contribution >= 4 is 17.7 Å². The maximum absolute atomic E-state index is 12.1. The molecule has 0 aromatic carbocycles. The Morgan fingerprint density at radius 2 is 2.06 bits per heavy atom. The van der Waals surface area contributed by atoms with Crippen LogP contribution in [0.3, 0.4) is 0 Å². The Hall–Kier alpha value is -0.430. The number of amides is 1. The maximum Gasteiger partial charge on any atom is 0.441 e. The highest BCUT2D eigenvalue weighted by Gasteiger charge is 2.39. The van der Waals surface area contributed by atoms with E-state index in [2.05, 4.69) is 5.32 Å². The van der Waals surface area contributed by atoms with Gasteiger partial charge in [0.25, 0.3) is 0 Å². The first-order chi connectivity index (χ1) is 8.26. The van der Waals surface area contributed by atoms with Crippen LogP contribution in [0, 0.1) is 5.92 Å². The summed E-state index contributed by atoms with van der Waals surface area (Å²) < 4.78 is 36.2. The third-order valence-electron chi connectivity index (χ3n) is 2.93. The van der Waals surface area contributed by atoms with Crippen molar-refractivity contribution in [3.63, 3.8) is 0 Å². The Morgan fingerprint density at radius 3 is 2.50 bits per heavy atom. The van der Waals surface area contributed by atoms with E-state index >= 15 is 0 Å². The molecule has 106 valence electrons. The largest absolute Gasteiger partial charge is 0.441 e. The number of carbonyl (C=O) groups excluding carboxylic acids is 1. The van der Waals surface area contributed by atoms with Crippen LogP contribution in [0.4, 0.5) is 13.2 Å². The van der Waals surface area contributed by atoms with Gasteiger partial charge >= 0.3 is 5.51 Å². The van der Waals surface area contributed by atoms with Gasteiger partial charge in [0.2, 0.25) is 5.91 Å². The second-order valence-electron chi connectivity index (χ2n) is 4.64. The summed E-state index contributed by atoms with van der Waals surface area (Å²) in [6, 6.07) is -0.256. The number of thioether (sulfide) groups is 1. The lowest BCUT2D eigenvalue weighted by Gasteiger charge is -2.27. The summed E-state index contributed by atoms with van der Waals surface area (Å²) in [6.45, 7) is 5.93. The molecular weight excluding hydrogens is 265 g/mol. The summed E-state index contributed by atoms with van der Waals surface area (Å²) in [5, 5.41) is 3.17. The van der Waals surface area contributed by atoms with Crippen molar-refractivity contribution in [2.75, 3.05) is 12.3 Å². The van der Waals surface area contributed by atoms with Gasteiger partial charge in [-0.05, 0) is 24.1 Å². The van der Waals surface area contributed by atoms with E-state index in [1.165, 1.54) is 4.90 Å². The number of alkyl halides is 3. The molecule has 1 aliphatic rings. The second-order valence-corrected chi connectivity index (χ2v) is 5.80. The van der Waals surface area contributed by atoms with E-state index in [4.69, 9.17) is 0 Å². The Balaban J connectivity index is 2.57. The minimum absolute atomic E-state index is 0.0766. The first-order valence-electron chi connectivity index (χ1n) is 6.03. The second kappa shape index (κ2) is 6.14. The zero-order chi connectivity index (χ0) is 13.9. The van der Waals surface area contributed by atoms with E-state index in [9.17, 15) is 18.0 Å². The van der Waals surface area contributed by atoms with Crippen molar-refractivity contribution in [2.45, 2.75) is 44.9 Å². The molecule has 7 heteroatoms. The molecule has 0 saturated carbocycles. The van der Waals surface area contributed by atoms with Gasteiger partial charge in [-0.2, -0.15) is 13.2 Å². The van der Waals surface area contributed by atoms with Gasteiger partial charge < -0.3 is 4.90 Å². The van der Waals surface area contributed by atoms with Crippen LogP contribution in [0.15, 0.2) is 0 Å². The quantitative estimate of drug-likeness (QED) is 0.841. The molecule has 1 rings (SSSR count). The first kappa shape index (κ1) is 15.6. The van der Waals surface area contributed by atoms with Crippen LogP contribution in [-0.4, -0.2) is 40.8 Å². The molecular formula is C11H19F3N2OS. The topological polar surface area (TPSA) is 32.3 Å². The van der Waals surface area contributed by atoms with Crippen LogP contribution in [0.5, 0.6) is 0 Å². The molecule has 1 fully saturated rings. The van der Waals surface area contributed by atoms with Crippen molar-refractivity contribution in [2.24, 2.45) is 5.92 Å². The zero-order valence-electron chi connectivity index (χ0n) is 10.8. The molecule has 1 aliphatic heterocycles. The van der Waals surface area contributed by atoms with Crippen molar-refractivity contribution < 1.29 is 18.0 Å². The molecule has 2 unspecified atom stereocenters. The number of hydrogen-bond acceptors (Lipinski definition) is 3. The van der Waals surface area contributed by atoms with E-state index < -0.39 is 5.51 Å². The molecule has 0 aromatic rings. The van der Waals surface area contributed by atoms with E-state index in [0.29, 0.717) is 6.42 Å². The Labute approximate surface area is 109 Å². The summed E-state index contributed by atoms with van der Waals surface area (Å²) in [7, 11) is 0. The third kappa shape index (κ3) is 4.05. The lowest BCUT2D eigenvalue weighted by atomic mass is 10.1. The lowest BCUT2D eigenvalue weighted by molar-refractivity contribution is -0.130. The molecule has 3 nitrogen and oxygen atoms in total. The standard InChI is InChI=1S/C11H19F3N2OS/c1-4-8-10(17)16(9(15-8)7(2)3)5-6-18-11(12,13)14/h7-9,15H,4-6H2,1-3H3. The fraction of sp³-hybridized carbons (Fsp3) is 0.909. The molecule has 0 bridgehead atoms. The lowest BCUT2D eigenvalue weighted by Crippen LogP contribution is -2.42. The Kier molecular flexibility index (Phi) is 5.33. The predicted octanol–water partition coefficient (Wildman–Crippen LogP) is 2.43. The zero-order valence-corrected chi connectivity index (χ0v) is 11.6. The molecule has 2 atom stereocenters. The smallest absolute Gasteiger partial charge is 0.325 e. The molecule has 0 radical (unpaired) electrons. The first-order valence-corrected chi connectivity index (χ1v) is 7.02. The molecule has 18 heavy (non-hydrogen) atoms. The van der Waals surface area contributed by atoms with Crippen molar-refractivity contribution in [3.8, 4) is 0 Å². The van der Waals surface area contributed by atoms with E-state index in [1.54, 1.807) is 0 Å². The Morgan fingerprint density at radius 1 is 1.44 bits per heavy atom. The molecule has 0 aromatic heterocycles. The highest BCUT2D eigenvalue weighted by atomic mass is 32.2. The van der Waals surface area contributed by atoms with Crippen molar-refractivity contribution in [1.29, 1.82) is 0 Å². The minimum Gasteiger partial charge on any atom is -0.325 e. The number of nitrogens with zero attached hydrogens (tertiary/aromatic N) is 1. The van der Waals surface area contributed by atoms with Crippen LogP contribution in [0.2, 0.25) is 0 Å². The van der Waals surface area contributed by atoms with E-state index in [0.717, 1.165) is 0 Å². The van der Waals surface area contributed by atoms with Gasteiger partial charge in [0.15, 0.2) is 0 Å². The van der Waals surface area contributed by atoms with Gasteiger partial charge in [-0.25, -0.2) is 0 Å². The van der Waals surface area contributed by atoms with Gasteiger partial charge in [0, 0.05) is 12.3 Å². The van der Waals surface area contributed by atoms with Crippen molar-refractivity contribution in [3.05, 3.63) is 0 Å². The highest BCUT2D eigenvalue weighted by molar-refractivity contribution is 8.00. The number of carbonyl (C=O) groups is 1. The minimum atomic E-state index is -4.23. The SMILES string of the molecule is CCC1NC(C(C)C)N(CCSC(F)(F)F)C1=O. The number of halogens is 3. The summed E-state index contributed by atoms with van der Waals surface area (Å²) in [6.07, 6.45) is 0.501. The number of rotatable bonds is 5. The van der Waals surface area contributed by atoms with Gasteiger partial charge in [0.1, 0.15) is 0 Å². The van der Waals surface area contributed by atoms with Crippen LogP contribution in [0.25, 0.3) is 0 Å². The van der Waals surface area contributed by atoms with Crippen LogP contribution in [0.1, 0.15) is 27.2 Å². The van der Waals surface area contributed by atoms with Crippen LogP contribution < -0.4 is 5.32 Å². The average Bonchev–Trinajstić information content (AvgIpc) is 2.54. The summed E-state index contributed by atoms with van der Waals surface area (Å²) >= 11 is -0.0766. The molecule has 1 amide bonds. The average molecular weight is 284 g/mol. The Bertz CT molecular complexity index is 297. The van der Waals surface area contributed by atoms with Crippen LogP contribution >= 0.6 is 11.8 Å². The molecule has 0 aliphatic carbocycles. The van der Waals surface area contributed by atoms with Gasteiger partial charge in [-0.3, -0.25) is 10.1 Å². The summed E-state index contributed by atoms with van der Waals surface area (Å²) in [5.74, 6) is -0.0170. The van der Waals surface area contributed by atoms with Crippen molar-refractivity contribution in [1.82, 2.24) is 10.2 Å². The van der Waals surface area contributed by atoms with Gasteiger partial charge in [-0.1, -0.05) is 20.8 Å². The number of hydrogen-bond donors (Lipinski definition) is 1. The molecule has 1 saturated heterocycles. The van der Waals surface area contributed by atoms with Gasteiger partial charge in [0.05, 0.1) is 12.2 Å². The summed E-state index contributed by atoms with van der Waals surface area (Å²) in [5.41, 5.74) is -4.23. The van der Waals surface area contributed by atoms with Gasteiger partial charge in [-0.15, -0.1) is 0 Å². The van der Waals surface area contributed by atoms with E-state index in [1.807, 2.05) is 20.8 Å².